The highest BCUT2D eigenvalue weighted by molar-refractivity contribution is 7.89. The predicted molar refractivity (Wildman–Crippen MR) is 229 cm³/mol. The summed E-state index contributed by atoms with van der Waals surface area (Å²) >= 11 is 0. The number of hydrogen-bond acceptors (Lipinski definition) is 9. The smallest absolute Gasteiger partial charge is 0.414 e. The van der Waals surface area contributed by atoms with Crippen LogP contribution in [-0.4, -0.2) is 83.1 Å². The molecule has 14 heteroatoms. The minimum atomic E-state index is -3.57. The summed E-state index contributed by atoms with van der Waals surface area (Å²) in [5.41, 5.74) is 6.85. The Balaban J connectivity index is 0.000000154. The monoisotopic (exact) mass is 848 g/mol. The molecule has 2 saturated heterocycles. The molecule has 0 spiro atoms. The molecule has 0 N–H and O–H groups in total. The first-order chi connectivity index (χ1) is 29.2. The van der Waals surface area contributed by atoms with Gasteiger partial charge in [0.1, 0.15) is 19.1 Å². The molecule has 5 aromatic carbocycles. The lowest BCUT2D eigenvalue weighted by Gasteiger charge is -2.41. The van der Waals surface area contributed by atoms with E-state index in [1.807, 2.05) is 72.8 Å². The van der Waals surface area contributed by atoms with Gasteiger partial charge in [0, 0.05) is 67.1 Å². The first kappa shape index (κ1) is 40.2. The van der Waals surface area contributed by atoms with E-state index in [0.29, 0.717) is 68.8 Å². The Labute approximate surface area is 352 Å². The molecule has 0 radical (unpaired) electrons. The van der Waals surface area contributed by atoms with Gasteiger partial charge < -0.3 is 19.1 Å². The fraction of sp³-hybridized carbons (Fsp3) is 0.326. The number of anilines is 2. The van der Waals surface area contributed by atoms with Gasteiger partial charge in [0.25, 0.3) is 0 Å². The molecule has 0 aromatic heterocycles. The molecule has 12 nitrogen and oxygen atoms in total. The van der Waals surface area contributed by atoms with E-state index >= 15 is 0 Å². The van der Waals surface area contributed by atoms with Crippen LogP contribution in [0.4, 0.5) is 16.2 Å². The summed E-state index contributed by atoms with van der Waals surface area (Å²) in [6.07, 6.45) is 3.07. The second-order valence-electron chi connectivity index (χ2n) is 15.6. The average molecular weight is 849 g/mol. The summed E-state index contributed by atoms with van der Waals surface area (Å²) in [6, 6.07) is 38.3. The van der Waals surface area contributed by atoms with Crippen molar-refractivity contribution in [1.82, 2.24) is 8.61 Å². The standard InChI is InChI=1S/C25H26N2O3S.C21H22N2O5S/c28-31(29,25-13-7-5-11-23(25)20-8-2-1-3-9-20)26-16-14-22(15-17-26)27-19-30-18-21-10-4-6-12-24(21)27;24-21-23(19-4-2-1-3-16(19)14-28-21)17-7-10-22(11-8-17)29(25,26)18-5-6-20-15(13-18)9-12-27-20/h1-13,22H,14-19H2;1-6,13,17H,7-12,14H2. The van der Waals surface area contributed by atoms with Crippen molar-refractivity contribution < 1.29 is 35.8 Å². The Morgan fingerprint density at radius 2 is 1.18 bits per heavy atom. The van der Waals surface area contributed by atoms with Crippen molar-refractivity contribution in [2.24, 2.45) is 0 Å². The van der Waals surface area contributed by atoms with Gasteiger partial charge in [0.05, 0.1) is 28.7 Å². The molecule has 1 amide bonds. The number of carbonyl (C=O) groups excluding carboxylic acids is 1. The molecule has 0 aliphatic carbocycles. The number of hydrogen-bond donors (Lipinski definition) is 0. The number of para-hydroxylation sites is 2. The van der Waals surface area contributed by atoms with Crippen molar-refractivity contribution in [1.29, 1.82) is 0 Å². The summed E-state index contributed by atoms with van der Waals surface area (Å²) in [7, 11) is -7.14. The average Bonchev–Trinajstić information content (AvgIpc) is 3.78. The second-order valence-corrected chi connectivity index (χ2v) is 19.5. The number of sulfonamides is 2. The number of piperidine rings is 2. The number of rotatable bonds is 7. The zero-order chi connectivity index (χ0) is 41.3. The molecule has 10 rings (SSSR count). The molecule has 312 valence electrons. The van der Waals surface area contributed by atoms with E-state index in [1.165, 1.54) is 15.6 Å². The van der Waals surface area contributed by atoms with Gasteiger partial charge in [-0.15, -0.1) is 0 Å². The fourth-order valence-electron chi connectivity index (χ4n) is 8.95. The quantitative estimate of drug-likeness (QED) is 0.164. The molecule has 2 fully saturated rings. The van der Waals surface area contributed by atoms with Gasteiger partial charge in [-0.2, -0.15) is 8.61 Å². The summed E-state index contributed by atoms with van der Waals surface area (Å²) in [5, 5.41) is 0. The largest absolute Gasteiger partial charge is 0.493 e. The number of ether oxygens (including phenoxy) is 3. The SMILES string of the molecule is O=C1OCc2ccccc2N1C1CCN(S(=O)(=O)c2ccc3c(c2)CCO3)CC1.O=S(=O)(c1ccccc1-c1ccccc1)N1CCC(N2COCc3ccccc32)CC1. The molecule has 0 atom stereocenters. The first-order valence-corrected chi connectivity index (χ1v) is 23.4. The molecule has 60 heavy (non-hydrogen) atoms. The van der Waals surface area contributed by atoms with Crippen molar-refractivity contribution >= 4 is 37.5 Å². The van der Waals surface area contributed by atoms with Gasteiger partial charge in [-0.3, -0.25) is 4.90 Å². The van der Waals surface area contributed by atoms with Crippen molar-refractivity contribution in [3.8, 4) is 16.9 Å². The number of cyclic esters (lactones) is 1. The van der Waals surface area contributed by atoms with Gasteiger partial charge in [0.15, 0.2) is 0 Å². The third-order valence-corrected chi connectivity index (χ3v) is 16.0. The van der Waals surface area contributed by atoms with Gasteiger partial charge >= 0.3 is 6.09 Å². The first-order valence-electron chi connectivity index (χ1n) is 20.5. The van der Waals surface area contributed by atoms with E-state index in [0.717, 1.165) is 53.0 Å². The van der Waals surface area contributed by atoms with Crippen LogP contribution in [0.2, 0.25) is 0 Å². The summed E-state index contributed by atoms with van der Waals surface area (Å²) in [5.74, 6) is 0.768. The highest BCUT2D eigenvalue weighted by atomic mass is 32.2. The topological polar surface area (TPSA) is 126 Å². The number of carbonyl (C=O) groups is 1. The van der Waals surface area contributed by atoms with Crippen LogP contribution in [0.5, 0.6) is 5.75 Å². The molecule has 0 bridgehead atoms. The molecule has 0 saturated carbocycles. The fourth-order valence-corrected chi connectivity index (χ4v) is 12.2. The van der Waals surface area contributed by atoms with E-state index in [9.17, 15) is 21.6 Å². The van der Waals surface area contributed by atoms with Crippen LogP contribution in [0.3, 0.4) is 0 Å². The Bertz CT molecular complexity index is 2570. The van der Waals surface area contributed by atoms with E-state index in [-0.39, 0.29) is 24.8 Å². The molecule has 0 unspecified atom stereocenters. The van der Waals surface area contributed by atoms with Crippen molar-refractivity contribution in [2.45, 2.75) is 67.2 Å². The van der Waals surface area contributed by atoms with Crippen LogP contribution in [0.15, 0.2) is 131 Å². The van der Waals surface area contributed by atoms with Crippen LogP contribution in [0.1, 0.15) is 42.4 Å². The Hall–Kier alpha value is -5.25. The maximum absolute atomic E-state index is 13.6. The van der Waals surface area contributed by atoms with Crippen molar-refractivity contribution in [3.05, 3.63) is 138 Å². The minimum Gasteiger partial charge on any atom is -0.493 e. The highest BCUT2D eigenvalue weighted by Gasteiger charge is 2.38. The lowest BCUT2D eigenvalue weighted by atomic mass is 10.0. The molecule has 5 heterocycles. The number of nitrogens with zero attached hydrogens (tertiary/aromatic N) is 4. The number of fused-ring (bicyclic) bond motifs is 3. The van der Waals surface area contributed by atoms with E-state index < -0.39 is 20.0 Å². The summed E-state index contributed by atoms with van der Waals surface area (Å²) in [4.78, 5) is 17.1. The second kappa shape index (κ2) is 17.0. The van der Waals surface area contributed by atoms with Crippen molar-refractivity contribution in [3.63, 3.8) is 0 Å². The third-order valence-electron chi connectivity index (χ3n) is 12.1. The zero-order valence-corrected chi connectivity index (χ0v) is 34.9. The van der Waals surface area contributed by atoms with E-state index in [4.69, 9.17) is 14.2 Å². The number of benzene rings is 5. The van der Waals surface area contributed by atoms with Crippen molar-refractivity contribution in [2.75, 3.05) is 49.3 Å². The molecule has 5 aliphatic rings. The van der Waals surface area contributed by atoms with Gasteiger partial charge in [-0.25, -0.2) is 21.6 Å². The predicted octanol–water partition coefficient (Wildman–Crippen LogP) is 7.43. The lowest BCUT2D eigenvalue weighted by Crippen LogP contribution is -2.50. The maximum atomic E-state index is 13.6. The minimum absolute atomic E-state index is 0.0798. The molecule has 5 aliphatic heterocycles. The van der Waals surface area contributed by atoms with Gasteiger partial charge in [0.2, 0.25) is 20.0 Å². The molecule has 5 aromatic rings. The van der Waals surface area contributed by atoms with E-state index in [1.54, 1.807) is 39.5 Å². The van der Waals surface area contributed by atoms with Gasteiger partial charge in [-0.1, -0.05) is 84.9 Å². The molecular formula is C46H48N4O8S2. The Kier molecular flexibility index (Phi) is 11.4. The molecular weight excluding hydrogens is 801 g/mol. The Morgan fingerprint density at radius 3 is 1.93 bits per heavy atom. The van der Waals surface area contributed by atoms with Crippen LogP contribution < -0.4 is 14.5 Å². The van der Waals surface area contributed by atoms with E-state index in [2.05, 4.69) is 23.1 Å². The van der Waals surface area contributed by atoms with Gasteiger partial charge in [-0.05, 0) is 73.2 Å². The Morgan fingerprint density at radius 1 is 0.567 bits per heavy atom. The normalized spacial score (nSPS) is 19.0. The van der Waals surface area contributed by atoms with Crippen LogP contribution in [0, 0.1) is 0 Å². The maximum Gasteiger partial charge on any atom is 0.414 e. The third kappa shape index (κ3) is 7.90. The number of amides is 1. The van der Waals surface area contributed by atoms with Crippen LogP contribution >= 0.6 is 0 Å². The van der Waals surface area contributed by atoms with Crippen LogP contribution in [0.25, 0.3) is 11.1 Å². The lowest BCUT2D eigenvalue weighted by molar-refractivity contribution is 0.0988. The summed E-state index contributed by atoms with van der Waals surface area (Å²) in [6.45, 7) is 3.82. The zero-order valence-electron chi connectivity index (χ0n) is 33.3. The van der Waals surface area contributed by atoms with Crippen LogP contribution in [-0.2, 0) is 49.2 Å². The summed E-state index contributed by atoms with van der Waals surface area (Å²) < 4.78 is 73.1. The highest BCUT2D eigenvalue weighted by Crippen LogP contribution is 2.36.